The minimum absolute atomic E-state index is 0.0675. The molecule has 1 fully saturated rings. The van der Waals surface area contributed by atoms with E-state index in [2.05, 4.69) is 10.6 Å². The van der Waals surface area contributed by atoms with Gasteiger partial charge in [-0.1, -0.05) is 30.3 Å². The number of carbonyl (C=O) groups is 1. The van der Waals surface area contributed by atoms with Crippen molar-refractivity contribution in [2.45, 2.75) is 63.3 Å². The van der Waals surface area contributed by atoms with Gasteiger partial charge in [0.2, 0.25) is 0 Å². The van der Waals surface area contributed by atoms with Gasteiger partial charge in [-0.05, 0) is 87.6 Å². The van der Waals surface area contributed by atoms with Crippen LogP contribution in [0.15, 0.2) is 72.8 Å². The Morgan fingerprint density at radius 1 is 1.00 bits per heavy atom. The highest BCUT2D eigenvalue weighted by atomic mass is 19.1. The van der Waals surface area contributed by atoms with Crippen molar-refractivity contribution in [3.8, 4) is 5.75 Å². The van der Waals surface area contributed by atoms with Gasteiger partial charge in [-0.3, -0.25) is 4.79 Å². The molecule has 1 aliphatic carbocycles. The van der Waals surface area contributed by atoms with Crippen molar-refractivity contribution >= 4 is 5.91 Å². The second-order valence-corrected chi connectivity index (χ2v) is 10.7. The Morgan fingerprint density at radius 2 is 1.68 bits per heavy atom. The molecule has 0 radical (unpaired) electrons. The highest BCUT2D eigenvalue weighted by Crippen LogP contribution is 2.46. The summed E-state index contributed by atoms with van der Waals surface area (Å²) in [6, 6.07) is 19.0. The minimum Gasteiger partial charge on any atom is -0.488 e. The molecule has 0 unspecified atom stereocenters. The maximum atomic E-state index is 13.8. The van der Waals surface area contributed by atoms with E-state index in [1.807, 2.05) is 45.0 Å². The maximum Gasteiger partial charge on any atom is 0.251 e. The quantitative estimate of drug-likeness (QED) is 0.355. The molecule has 1 saturated carbocycles. The Morgan fingerprint density at radius 3 is 2.30 bits per heavy atom. The Bertz CT molecular complexity index is 1200. The molecule has 0 bridgehead atoms. The molecule has 5 nitrogen and oxygen atoms in total. The molecule has 3 N–H and O–H groups in total. The molecule has 1 aliphatic rings. The second-order valence-electron chi connectivity index (χ2n) is 10.7. The van der Waals surface area contributed by atoms with E-state index in [4.69, 9.17) is 4.74 Å². The number of nitrogens with one attached hydrogen (secondary N) is 2. The fraction of sp³-hybridized carbons (Fsp3) is 0.367. The van der Waals surface area contributed by atoms with Crippen LogP contribution in [0, 0.1) is 11.6 Å². The van der Waals surface area contributed by atoms with Crippen LogP contribution >= 0.6 is 0 Å². The van der Waals surface area contributed by atoms with Gasteiger partial charge in [0.05, 0.1) is 12.1 Å². The van der Waals surface area contributed by atoms with Crippen molar-refractivity contribution < 1.29 is 23.4 Å². The molecule has 3 aromatic rings. The monoisotopic (exact) mass is 508 g/mol. The number of aliphatic hydroxyl groups is 1. The molecular weight excluding hydrogens is 474 g/mol. The summed E-state index contributed by atoms with van der Waals surface area (Å²) < 4.78 is 33.7. The third kappa shape index (κ3) is 7.37. The number of carbonyl (C=O) groups excluding carboxylic acids is 1. The third-order valence-corrected chi connectivity index (χ3v) is 6.41. The molecule has 196 valence electrons. The SMILES string of the molecule is CC(C)(C)Oc1cccc(C2(NC[C@H](O)[C@H](Cc3cc(F)cc(F)c3)NC(=O)c3ccccc3)CC2)c1. The van der Waals surface area contributed by atoms with Crippen molar-refractivity contribution in [1.29, 1.82) is 0 Å². The van der Waals surface area contributed by atoms with E-state index in [0.717, 1.165) is 30.2 Å². The molecule has 2 atom stereocenters. The van der Waals surface area contributed by atoms with Crippen LogP contribution in [0.3, 0.4) is 0 Å². The van der Waals surface area contributed by atoms with Gasteiger partial charge in [0.25, 0.3) is 5.91 Å². The molecule has 0 heterocycles. The smallest absolute Gasteiger partial charge is 0.251 e. The van der Waals surface area contributed by atoms with Gasteiger partial charge in [0.15, 0.2) is 0 Å². The number of halogens is 2. The molecule has 0 saturated heterocycles. The van der Waals surface area contributed by atoms with Crippen LogP contribution in [0.1, 0.15) is 55.1 Å². The van der Waals surface area contributed by atoms with E-state index in [1.165, 1.54) is 12.1 Å². The molecule has 7 heteroatoms. The summed E-state index contributed by atoms with van der Waals surface area (Å²) in [4.78, 5) is 12.9. The average Bonchev–Trinajstić information content (AvgIpc) is 3.62. The lowest BCUT2D eigenvalue weighted by Gasteiger charge is -2.28. The van der Waals surface area contributed by atoms with Crippen molar-refractivity contribution in [3.05, 3.63) is 101 Å². The first kappa shape index (κ1) is 26.8. The number of ether oxygens (including phenoxy) is 1. The first-order valence-electron chi connectivity index (χ1n) is 12.6. The Balaban J connectivity index is 1.48. The van der Waals surface area contributed by atoms with Gasteiger partial charge >= 0.3 is 0 Å². The summed E-state index contributed by atoms with van der Waals surface area (Å²) >= 11 is 0. The summed E-state index contributed by atoms with van der Waals surface area (Å²) in [6.07, 6.45) is 0.854. The van der Waals surface area contributed by atoms with Crippen LogP contribution in [0.4, 0.5) is 8.78 Å². The summed E-state index contributed by atoms with van der Waals surface area (Å²) in [5.74, 6) is -0.996. The van der Waals surface area contributed by atoms with Crippen LogP contribution in [0.2, 0.25) is 0 Å². The van der Waals surface area contributed by atoms with E-state index in [0.29, 0.717) is 11.1 Å². The zero-order chi connectivity index (χ0) is 26.6. The number of hydrogen-bond donors (Lipinski definition) is 3. The highest BCUT2D eigenvalue weighted by molar-refractivity contribution is 5.94. The molecule has 0 spiro atoms. The van der Waals surface area contributed by atoms with E-state index in [1.54, 1.807) is 30.3 Å². The maximum absolute atomic E-state index is 13.8. The van der Waals surface area contributed by atoms with E-state index in [9.17, 15) is 18.7 Å². The van der Waals surface area contributed by atoms with E-state index in [-0.39, 0.29) is 30.0 Å². The van der Waals surface area contributed by atoms with Crippen LogP contribution in [-0.4, -0.2) is 35.3 Å². The van der Waals surface area contributed by atoms with Crippen molar-refractivity contribution in [3.63, 3.8) is 0 Å². The van der Waals surface area contributed by atoms with Crippen molar-refractivity contribution in [2.24, 2.45) is 0 Å². The van der Waals surface area contributed by atoms with Crippen LogP contribution < -0.4 is 15.4 Å². The van der Waals surface area contributed by atoms with Gasteiger partial charge in [0.1, 0.15) is 23.0 Å². The summed E-state index contributed by atoms with van der Waals surface area (Å²) in [7, 11) is 0. The molecule has 0 aromatic heterocycles. The lowest BCUT2D eigenvalue weighted by atomic mass is 9.99. The lowest BCUT2D eigenvalue weighted by Crippen LogP contribution is -2.50. The number of rotatable bonds is 10. The van der Waals surface area contributed by atoms with Crippen LogP contribution in [-0.2, 0) is 12.0 Å². The first-order chi connectivity index (χ1) is 17.5. The van der Waals surface area contributed by atoms with Crippen LogP contribution in [0.25, 0.3) is 0 Å². The average molecular weight is 509 g/mol. The topological polar surface area (TPSA) is 70.6 Å². The predicted molar refractivity (Wildman–Crippen MR) is 140 cm³/mol. The van der Waals surface area contributed by atoms with Crippen LogP contribution in [0.5, 0.6) is 5.75 Å². The zero-order valence-corrected chi connectivity index (χ0v) is 21.4. The van der Waals surface area contributed by atoms with Gasteiger partial charge < -0.3 is 20.5 Å². The lowest BCUT2D eigenvalue weighted by molar-refractivity contribution is 0.0821. The normalized spacial score (nSPS) is 16.1. The fourth-order valence-electron chi connectivity index (χ4n) is 4.45. The molecule has 3 aromatic carbocycles. The molecular formula is C30H34F2N2O3. The van der Waals surface area contributed by atoms with E-state index >= 15 is 0 Å². The van der Waals surface area contributed by atoms with Gasteiger partial charge in [0, 0.05) is 23.7 Å². The molecule has 4 rings (SSSR count). The predicted octanol–water partition coefficient (Wildman–Crippen LogP) is 5.12. The Labute approximate surface area is 216 Å². The van der Waals surface area contributed by atoms with Gasteiger partial charge in [-0.25, -0.2) is 8.78 Å². The highest BCUT2D eigenvalue weighted by Gasteiger charge is 2.44. The summed E-state index contributed by atoms with van der Waals surface area (Å²) in [6.45, 7) is 6.17. The number of benzene rings is 3. The first-order valence-corrected chi connectivity index (χ1v) is 12.6. The van der Waals surface area contributed by atoms with Crippen molar-refractivity contribution in [1.82, 2.24) is 10.6 Å². The zero-order valence-electron chi connectivity index (χ0n) is 21.4. The minimum atomic E-state index is -1.01. The molecule has 0 aliphatic heterocycles. The van der Waals surface area contributed by atoms with Gasteiger partial charge in [-0.2, -0.15) is 0 Å². The largest absolute Gasteiger partial charge is 0.488 e. The summed E-state index contributed by atoms with van der Waals surface area (Å²) in [5, 5.41) is 17.5. The molecule has 1 amide bonds. The Hall–Kier alpha value is -3.29. The van der Waals surface area contributed by atoms with E-state index < -0.39 is 23.8 Å². The number of aliphatic hydroxyl groups excluding tert-OH is 1. The van der Waals surface area contributed by atoms with Crippen molar-refractivity contribution in [2.75, 3.05) is 6.54 Å². The second kappa shape index (κ2) is 11.0. The Kier molecular flexibility index (Phi) is 7.95. The molecule has 37 heavy (non-hydrogen) atoms. The summed E-state index contributed by atoms with van der Waals surface area (Å²) in [5.41, 5.74) is 1.24. The number of hydrogen-bond acceptors (Lipinski definition) is 4. The fourth-order valence-corrected chi connectivity index (χ4v) is 4.45. The third-order valence-electron chi connectivity index (χ3n) is 6.41. The van der Waals surface area contributed by atoms with Gasteiger partial charge in [-0.15, -0.1) is 0 Å². The number of amides is 1. The standard InChI is InChI=1S/C30H34F2N2O3/c1-29(2,3)37-25-11-7-10-22(17-25)30(12-13-30)33-19-27(35)26(16-20-14-23(31)18-24(32)15-20)34-28(36)21-8-5-4-6-9-21/h4-11,14-15,17-18,26-27,33,35H,12-13,16,19H2,1-3H3,(H,34,36)/t26-,27-/m0/s1.